The number of nitrogens with zero attached hydrogens (tertiary/aromatic N) is 4. The Bertz CT molecular complexity index is 499. The van der Waals surface area contributed by atoms with E-state index in [9.17, 15) is 0 Å². The van der Waals surface area contributed by atoms with E-state index in [4.69, 9.17) is 10.5 Å². The summed E-state index contributed by atoms with van der Waals surface area (Å²) in [5.41, 5.74) is 8.15. The zero-order chi connectivity index (χ0) is 16.5. The quantitative estimate of drug-likeness (QED) is 0.269. The summed E-state index contributed by atoms with van der Waals surface area (Å²) in [6, 6.07) is 2.09. The highest BCUT2D eigenvalue weighted by molar-refractivity contribution is 14.0. The predicted molar refractivity (Wildman–Crippen MR) is 108 cm³/mol. The monoisotopic (exact) mass is 450 g/mol. The first-order valence-corrected chi connectivity index (χ1v) is 8.50. The Labute approximate surface area is 162 Å². The number of ether oxygens (including phenoxy) is 1. The Morgan fingerprint density at radius 1 is 1.29 bits per heavy atom. The normalized spacial score (nSPS) is 16.0. The Kier molecular flexibility index (Phi) is 10.3. The van der Waals surface area contributed by atoms with E-state index in [-0.39, 0.29) is 24.0 Å². The zero-order valence-corrected chi connectivity index (χ0v) is 17.2. The van der Waals surface area contributed by atoms with Crippen molar-refractivity contribution in [3.05, 3.63) is 17.5 Å². The first kappa shape index (κ1) is 21.2. The highest BCUT2D eigenvalue weighted by Gasteiger charge is 2.08. The number of hydrogen-bond donors (Lipinski definition) is 2. The van der Waals surface area contributed by atoms with Crippen LogP contribution in [0.4, 0.5) is 0 Å². The SMILES string of the molecule is Cc1cc(C)n(CCCN=C(N)NCCCN2CCOCC2)n1.I. The Balaban J connectivity index is 0.00000288. The fraction of sp³-hybridized carbons (Fsp3) is 0.750. The van der Waals surface area contributed by atoms with Crippen LogP contribution in [-0.4, -0.2) is 66.6 Å². The predicted octanol–water partition coefficient (Wildman–Crippen LogP) is 1.13. The second kappa shape index (κ2) is 11.6. The second-order valence-corrected chi connectivity index (χ2v) is 6.01. The van der Waals surface area contributed by atoms with Crippen LogP contribution in [-0.2, 0) is 11.3 Å². The van der Waals surface area contributed by atoms with Crippen LogP contribution in [0.25, 0.3) is 0 Å². The van der Waals surface area contributed by atoms with Gasteiger partial charge in [-0.05, 0) is 39.3 Å². The van der Waals surface area contributed by atoms with Crippen molar-refractivity contribution < 1.29 is 4.74 Å². The first-order chi connectivity index (χ1) is 11.1. The summed E-state index contributed by atoms with van der Waals surface area (Å²) in [5, 5.41) is 7.62. The summed E-state index contributed by atoms with van der Waals surface area (Å²) in [7, 11) is 0. The van der Waals surface area contributed by atoms with Crippen LogP contribution < -0.4 is 11.1 Å². The minimum Gasteiger partial charge on any atom is -0.379 e. The van der Waals surface area contributed by atoms with Gasteiger partial charge in [0.15, 0.2) is 5.96 Å². The number of hydrogen-bond acceptors (Lipinski definition) is 4. The van der Waals surface area contributed by atoms with Gasteiger partial charge in [0.05, 0.1) is 18.9 Å². The van der Waals surface area contributed by atoms with E-state index < -0.39 is 0 Å². The van der Waals surface area contributed by atoms with Crippen LogP contribution in [0, 0.1) is 13.8 Å². The minimum atomic E-state index is 0. The average Bonchev–Trinajstić information content (AvgIpc) is 2.87. The van der Waals surface area contributed by atoms with Crippen molar-refractivity contribution in [2.75, 3.05) is 45.9 Å². The molecular weight excluding hydrogens is 419 g/mol. The van der Waals surface area contributed by atoms with Gasteiger partial charge < -0.3 is 15.8 Å². The van der Waals surface area contributed by atoms with Crippen LogP contribution >= 0.6 is 24.0 Å². The number of halogens is 1. The van der Waals surface area contributed by atoms with Gasteiger partial charge in [0.2, 0.25) is 0 Å². The number of nitrogens with two attached hydrogens (primary N) is 1. The maximum absolute atomic E-state index is 5.89. The maximum atomic E-state index is 5.89. The van der Waals surface area contributed by atoms with Gasteiger partial charge >= 0.3 is 0 Å². The van der Waals surface area contributed by atoms with Gasteiger partial charge in [-0.3, -0.25) is 14.6 Å². The van der Waals surface area contributed by atoms with Crippen LogP contribution in [0.15, 0.2) is 11.1 Å². The number of rotatable bonds is 8. The lowest BCUT2D eigenvalue weighted by Crippen LogP contribution is -2.39. The molecule has 1 saturated heterocycles. The van der Waals surface area contributed by atoms with Gasteiger partial charge in [0.1, 0.15) is 0 Å². The van der Waals surface area contributed by atoms with E-state index in [0.717, 1.165) is 71.0 Å². The topological polar surface area (TPSA) is 80.7 Å². The molecule has 1 aliphatic heterocycles. The molecule has 1 aliphatic rings. The summed E-state index contributed by atoms with van der Waals surface area (Å²) < 4.78 is 7.36. The molecule has 1 aromatic rings. The van der Waals surface area contributed by atoms with Crippen LogP contribution in [0.5, 0.6) is 0 Å². The van der Waals surface area contributed by atoms with Gasteiger partial charge in [0.25, 0.3) is 0 Å². The molecular formula is C16H31IN6O. The van der Waals surface area contributed by atoms with Crippen LogP contribution in [0.2, 0.25) is 0 Å². The van der Waals surface area contributed by atoms with Gasteiger partial charge in [-0.25, -0.2) is 0 Å². The molecule has 24 heavy (non-hydrogen) atoms. The lowest BCUT2D eigenvalue weighted by Gasteiger charge is -2.26. The number of nitrogens with one attached hydrogen (secondary N) is 1. The van der Waals surface area contributed by atoms with Crippen molar-refractivity contribution in [1.82, 2.24) is 20.0 Å². The van der Waals surface area contributed by atoms with Gasteiger partial charge in [0, 0.05) is 38.4 Å². The fourth-order valence-electron chi connectivity index (χ4n) is 2.72. The lowest BCUT2D eigenvalue weighted by molar-refractivity contribution is 0.0376. The summed E-state index contributed by atoms with van der Waals surface area (Å²) in [5.74, 6) is 0.542. The number of aliphatic imine (C=N–C) groups is 1. The molecule has 0 aromatic carbocycles. The highest BCUT2D eigenvalue weighted by atomic mass is 127. The molecule has 0 saturated carbocycles. The average molecular weight is 450 g/mol. The molecule has 1 fully saturated rings. The Hall–Kier alpha value is -0.870. The Morgan fingerprint density at radius 3 is 2.71 bits per heavy atom. The molecule has 2 heterocycles. The molecule has 0 aliphatic carbocycles. The third-order valence-electron chi connectivity index (χ3n) is 3.97. The maximum Gasteiger partial charge on any atom is 0.188 e. The molecule has 3 N–H and O–H groups in total. The summed E-state index contributed by atoms with van der Waals surface area (Å²) >= 11 is 0. The summed E-state index contributed by atoms with van der Waals surface area (Å²) in [6.07, 6.45) is 2.01. The summed E-state index contributed by atoms with van der Waals surface area (Å²) in [4.78, 5) is 6.79. The van der Waals surface area contributed by atoms with Gasteiger partial charge in [-0.15, -0.1) is 24.0 Å². The molecule has 0 spiro atoms. The van der Waals surface area contributed by atoms with E-state index in [1.165, 1.54) is 5.69 Å². The molecule has 0 unspecified atom stereocenters. The fourth-order valence-corrected chi connectivity index (χ4v) is 2.72. The van der Waals surface area contributed by atoms with Crippen molar-refractivity contribution in [1.29, 1.82) is 0 Å². The third kappa shape index (κ3) is 7.80. The van der Waals surface area contributed by atoms with Gasteiger partial charge in [-0.2, -0.15) is 5.10 Å². The molecule has 0 amide bonds. The highest BCUT2D eigenvalue weighted by Crippen LogP contribution is 2.02. The van der Waals surface area contributed by atoms with Crippen molar-refractivity contribution in [3.63, 3.8) is 0 Å². The van der Waals surface area contributed by atoms with Crippen molar-refractivity contribution in [3.8, 4) is 0 Å². The smallest absolute Gasteiger partial charge is 0.188 e. The van der Waals surface area contributed by atoms with E-state index in [1.54, 1.807) is 0 Å². The van der Waals surface area contributed by atoms with Gasteiger partial charge in [-0.1, -0.05) is 0 Å². The lowest BCUT2D eigenvalue weighted by atomic mass is 10.3. The molecule has 0 radical (unpaired) electrons. The number of guanidine groups is 1. The molecule has 0 bridgehead atoms. The molecule has 138 valence electrons. The van der Waals surface area contributed by atoms with Crippen molar-refractivity contribution >= 4 is 29.9 Å². The summed E-state index contributed by atoms with van der Waals surface area (Å²) in [6.45, 7) is 11.4. The van der Waals surface area contributed by atoms with E-state index in [1.807, 2.05) is 11.6 Å². The number of aromatic nitrogens is 2. The first-order valence-electron chi connectivity index (χ1n) is 8.50. The second-order valence-electron chi connectivity index (χ2n) is 6.01. The van der Waals surface area contributed by atoms with Crippen LogP contribution in [0.1, 0.15) is 24.2 Å². The molecule has 0 atom stereocenters. The van der Waals surface area contributed by atoms with Crippen LogP contribution in [0.3, 0.4) is 0 Å². The van der Waals surface area contributed by atoms with Crippen molar-refractivity contribution in [2.45, 2.75) is 33.2 Å². The standard InChI is InChI=1S/C16H30N6O.HI/c1-14-13-15(2)22(20-14)8-4-6-19-16(17)18-5-3-7-21-9-11-23-12-10-21;/h13H,3-12H2,1-2H3,(H3,17,18,19);1H. The molecule has 1 aromatic heterocycles. The molecule has 8 heteroatoms. The Morgan fingerprint density at radius 2 is 2.04 bits per heavy atom. The third-order valence-corrected chi connectivity index (χ3v) is 3.97. The number of aryl methyl sites for hydroxylation is 3. The minimum absolute atomic E-state index is 0. The van der Waals surface area contributed by atoms with E-state index in [0.29, 0.717) is 5.96 Å². The number of morpholine rings is 1. The van der Waals surface area contributed by atoms with Crippen molar-refractivity contribution in [2.24, 2.45) is 10.7 Å². The largest absolute Gasteiger partial charge is 0.379 e. The molecule has 2 rings (SSSR count). The zero-order valence-electron chi connectivity index (χ0n) is 14.8. The molecule has 7 nitrogen and oxygen atoms in total. The van der Waals surface area contributed by atoms with E-state index in [2.05, 4.69) is 33.3 Å². The van der Waals surface area contributed by atoms with E-state index >= 15 is 0 Å².